The molecule has 0 aliphatic heterocycles. The number of rotatable bonds is 27. The maximum absolute atomic E-state index is 12.6. The number of hydrogen-bond donors (Lipinski definition) is 4. The quantitative estimate of drug-likeness (QED) is 0.0483. The van der Waals surface area contributed by atoms with Gasteiger partial charge in [-0.1, -0.05) is 97.1 Å². The van der Waals surface area contributed by atoms with E-state index in [9.17, 15) is 34.8 Å². The number of esters is 2. The predicted molar refractivity (Wildman–Crippen MR) is 175 cm³/mol. The molecular weight excluding hydrogens is 576 g/mol. The molecule has 45 heavy (non-hydrogen) atoms. The van der Waals surface area contributed by atoms with Crippen molar-refractivity contribution in [1.82, 2.24) is 0 Å². The molecule has 4 N–H and O–H groups in total. The molecule has 0 bridgehead atoms. The third-order valence-electron chi connectivity index (χ3n) is 9.08. The molecule has 1 fully saturated rings. The average Bonchev–Trinajstić information content (AvgIpc) is 3.28. The van der Waals surface area contributed by atoms with Crippen molar-refractivity contribution in [2.24, 2.45) is 17.8 Å². The van der Waals surface area contributed by atoms with Crippen molar-refractivity contribution in [2.75, 3.05) is 13.2 Å². The molecule has 1 saturated carbocycles. The lowest BCUT2D eigenvalue weighted by Crippen LogP contribution is -2.28. The number of hydrogen-bond acceptors (Lipinski definition) is 9. The molecule has 262 valence electrons. The van der Waals surface area contributed by atoms with Crippen LogP contribution in [0.2, 0.25) is 0 Å². The lowest BCUT2D eigenvalue weighted by Gasteiger charge is -2.20. The zero-order valence-corrected chi connectivity index (χ0v) is 28.4. The minimum absolute atomic E-state index is 0.0442. The summed E-state index contributed by atoms with van der Waals surface area (Å²) < 4.78 is 10.4. The van der Waals surface area contributed by atoms with Crippen LogP contribution in [0, 0.1) is 17.8 Å². The van der Waals surface area contributed by atoms with Gasteiger partial charge in [-0.15, -0.1) is 0 Å². The molecule has 9 nitrogen and oxygen atoms in total. The van der Waals surface area contributed by atoms with Gasteiger partial charge in [0.05, 0.1) is 24.9 Å². The molecule has 0 aromatic carbocycles. The van der Waals surface area contributed by atoms with E-state index in [2.05, 4.69) is 20.8 Å². The van der Waals surface area contributed by atoms with Crippen molar-refractivity contribution in [3.63, 3.8) is 0 Å². The normalized spacial score (nSPS) is 21.9. The number of carbonyl (C=O) groups excluding carboxylic acids is 3. The first-order chi connectivity index (χ1) is 21.6. The maximum Gasteiger partial charge on any atom is 0.306 e. The Morgan fingerprint density at radius 3 is 2.13 bits per heavy atom. The number of Topliss-reactive ketones (excluding diaryl/α,β-unsaturated/α-hetero) is 1. The van der Waals surface area contributed by atoms with E-state index < -0.39 is 48.9 Å². The van der Waals surface area contributed by atoms with Gasteiger partial charge in [0.2, 0.25) is 0 Å². The molecule has 0 spiro atoms. The van der Waals surface area contributed by atoms with E-state index in [0.29, 0.717) is 19.3 Å². The fourth-order valence-corrected chi connectivity index (χ4v) is 5.88. The average molecular weight is 641 g/mol. The van der Waals surface area contributed by atoms with Gasteiger partial charge in [-0.3, -0.25) is 14.4 Å². The van der Waals surface area contributed by atoms with E-state index in [1.54, 1.807) is 12.2 Å². The molecule has 0 radical (unpaired) electrons. The van der Waals surface area contributed by atoms with Crippen molar-refractivity contribution in [2.45, 2.75) is 167 Å². The molecule has 9 heteroatoms. The molecule has 1 rings (SSSR count). The summed E-state index contributed by atoms with van der Waals surface area (Å²) in [5.74, 6) is -0.930. The zero-order valence-electron chi connectivity index (χ0n) is 28.4. The molecule has 0 amide bonds. The van der Waals surface area contributed by atoms with Crippen LogP contribution in [0.25, 0.3) is 0 Å². The zero-order chi connectivity index (χ0) is 33.5. The molecular formula is C36H64O9. The van der Waals surface area contributed by atoms with Gasteiger partial charge in [0.25, 0.3) is 0 Å². The van der Waals surface area contributed by atoms with Gasteiger partial charge in [0.15, 0.2) is 6.10 Å². The lowest BCUT2D eigenvalue weighted by atomic mass is 9.87. The Hall–Kier alpha value is -1.81. The molecule has 0 heterocycles. The summed E-state index contributed by atoms with van der Waals surface area (Å²) >= 11 is 0. The van der Waals surface area contributed by atoms with Crippen LogP contribution in [0.3, 0.4) is 0 Å². The summed E-state index contributed by atoms with van der Waals surface area (Å²) in [6.45, 7) is 5.97. The van der Waals surface area contributed by atoms with Crippen LogP contribution in [0.5, 0.6) is 0 Å². The van der Waals surface area contributed by atoms with Crippen molar-refractivity contribution in [3.05, 3.63) is 12.2 Å². The third-order valence-corrected chi connectivity index (χ3v) is 9.08. The van der Waals surface area contributed by atoms with E-state index in [0.717, 1.165) is 44.4 Å². The summed E-state index contributed by atoms with van der Waals surface area (Å²) in [7, 11) is 0. The van der Waals surface area contributed by atoms with E-state index in [1.807, 2.05) is 0 Å². The highest BCUT2D eigenvalue weighted by Crippen LogP contribution is 2.36. The summed E-state index contributed by atoms with van der Waals surface area (Å²) in [5, 5.41) is 40.5. The number of ether oxygens (including phenoxy) is 2. The highest BCUT2D eigenvalue weighted by molar-refractivity contribution is 5.79. The van der Waals surface area contributed by atoms with Crippen molar-refractivity contribution in [1.29, 1.82) is 0 Å². The number of carbonyl (C=O) groups is 3. The minimum Gasteiger partial charge on any atom is -0.462 e. The molecule has 1 unspecified atom stereocenters. The highest BCUT2D eigenvalue weighted by Gasteiger charge is 2.41. The fourth-order valence-electron chi connectivity index (χ4n) is 5.88. The van der Waals surface area contributed by atoms with Crippen molar-refractivity contribution < 1.29 is 44.3 Å². The van der Waals surface area contributed by atoms with E-state index in [-0.39, 0.29) is 50.4 Å². The lowest BCUT2D eigenvalue weighted by molar-refractivity contribution is -0.161. The van der Waals surface area contributed by atoms with Gasteiger partial charge in [-0.2, -0.15) is 0 Å². The first-order valence-electron chi connectivity index (χ1n) is 17.8. The first-order valence-corrected chi connectivity index (χ1v) is 17.8. The summed E-state index contributed by atoms with van der Waals surface area (Å²) in [4.78, 5) is 36.9. The SMILES string of the molecule is CCCCC[C@H](O)/C=C/[C@@H]1[C@@H](CC(=O)CCCCC(=O)OC[C@H](CO)OC(=O)CCCCCCCCC(C)CC)[C@@H](O)C[C@H]1O. The molecule has 0 aromatic heterocycles. The van der Waals surface area contributed by atoms with Gasteiger partial charge in [-0.25, -0.2) is 0 Å². The van der Waals surface area contributed by atoms with Gasteiger partial charge in [0.1, 0.15) is 12.4 Å². The van der Waals surface area contributed by atoms with Gasteiger partial charge in [-0.05, 0) is 31.6 Å². The highest BCUT2D eigenvalue weighted by atomic mass is 16.6. The van der Waals surface area contributed by atoms with Crippen LogP contribution in [-0.4, -0.2) is 75.8 Å². The van der Waals surface area contributed by atoms with Gasteiger partial charge < -0.3 is 29.9 Å². The summed E-state index contributed by atoms with van der Waals surface area (Å²) in [6, 6.07) is 0. The number of aliphatic hydroxyl groups excluding tert-OH is 4. The monoisotopic (exact) mass is 640 g/mol. The van der Waals surface area contributed by atoms with Crippen LogP contribution in [0.15, 0.2) is 12.2 Å². The fraction of sp³-hybridized carbons (Fsp3) is 0.861. The first kappa shape index (κ1) is 41.2. The van der Waals surface area contributed by atoms with Crippen LogP contribution in [0.4, 0.5) is 0 Å². The second-order valence-electron chi connectivity index (χ2n) is 13.2. The van der Waals surface area contributed by atoms with Crippen molar-refractivity contribution >= 4 is 17.7 Å². The Bertz CT molecular complexity index is 829. The summed E-state index contributed by atoms with van der Waals surface area (Å²) in [5.41, 5.74) is 0. The molecule has 0 saturated heterocycles. The Kier molecular flexibility index (Phi) is 23.2. The van der Waals surface area contributed by atoms with Crippen LogP contribution in [-0.2, 0) is 23.9 Å². The second-order valence-corrected chi connectivity index (χ2v) is 13.2. The number of unbranched alkanes of at least 4 members (excludes halogenated alkanes) is 8. The third kappa shape index (κ3) is 19.5. The topological polar surface area (TPSA) is 151 Å². The van der Waals surface area contributed by atoms with Gasteiger partial charge in [0, 0.05) is 43.9 Å². The number of aliphatic hydroxyl groups is 4. The van der Waals surface area contributed by atoms with Crippen molar-refractivity contribution in [3.8, 4) is 0 Å². The van der Waals surface area contributed by atoms with Crippen LogP contribution < -0.4 is 0 Å². The largest absolute Gasteiger partial charge is 0.462 e. The Balaban J connectivity index is 2.23. The summed E-state index contributed by atoms with van der Waals surface area (Å²) in [6.07, 6.45) is 14.9. The van der Waals surface area contributed by atoms with Crippen LogP contribution >= 0.6 is 0 Å². The Morgan fingerprint density at radius 1 is 0.822 bits per heavy atom. The molecule has 7 atom stereocenters. The Labute approximate surface area is 272 Å². The maximum atomic E-state index is 12.6. The second kappa shape index (κ2) is 25.3. The van der Waals surface area contributed by atoms with E-state index in [4.69, 9.17) is 9.47 Å². The predicted octanol–water partition coefficient (Wildman–Crippen LogP) is 5.98. The van der Waals surface area contributed by atoms with E-state index in [1.165, 1.54) is 32.1 Å². The minimum atomic E-state index is -0.892. The molecule has 1 aliphatic rings. The molecule has 0 aromatic rings. The number of ketones is 1. The standard InChI is InChI=1S/C36H64O9/c1-4-6-11-17-28(38)21-22-31-32(34(41)24-33(31)40)23-29(39)18-14-15-19-35(42)44-26-30(25-37)45-36(43)20-13-10-8-7-9-12-16-27(3)5-2/h21-22,27-28,30-34,37-38,40-41H,4-20,23-26H2,1-3H3/b22-21+/t27?,28-,30-,31+,32+,33+,34-/m0/s1. The molecule has 1 aliphatic carbocycles. The Morgan fingerprint density at radius 2 is 1.44 bits per heavy atom. The van der Waals surface area contributed by atoms with E-state index >= 15 is 0 Å². The van der Waals surface area contributed by atoms with Gasteiger partial charge >= 0.3 is 11.9 Å². The van der Waals surface area contributed by atoms with Crippen LogP contribution in [0.1, 0.15) is 143 Å². The smallest absolute Gasteiger partial charge is 0.306 e.